The normalized spacial score (nSPS) is 10.2. The molecule has 7 heteroatoms. The lowest BCUT2D eigenvalue weighted by Crippen LogP contribution is -2.21. The first-order chi connectivity index (χ1) is 11.4. The molecule has 0 aliphatic carbocycles. The highest BCUT2D eigenvalue weighted by Crippen LogP contribution is 2.27. The van der Waals surface area contributed by atoms with Gasteiger partial charge in [0.2, 0.25) is 0 Å². The number of amides is 1. The number of hydrogen-bond donors (Lipinski definition) is 1. The summed E-state index contributed by atoms with van der Waals surface area (Å²) in [6.45, 7) is 1.08. The molecule has 0 atom stereocenters. The van der Waals surface area contributed by atoms with Crippen molar-refractivity contribution in [3.8, 4) is 5.75 Å². The molecule has 0 aliphatic rings. The van der Waals surface area contributed by atoms with Gasteiger partial charge < -0.3 is 14.8 Å². The van der Waals surface area contributed by atoms with E-state index in [-0.39, 0.29) is 5.56 Å². The summed E-state index contributed by atoms with van der Waals surface area (Å²) in [5.74, 6) is -1.36. The van der Waals surface area contributed by atoms with Gasteiger partial charge in [-0.15, -0.1) is 0 Å². The van der Waals surface area contributed by atoms with Gasteiger partial charge in [-0.2, -0.15) is 0 Å². The van der Waals surface area contributed by atoms with Gasteiger partial charge in [0.15, 0.2) is 6.61 Å². The molecule has 0 radical (unpaired) electrons. The van der Waals surface area contributed by atoms with Crippen LogP contribution < -0.4 is 10.1 Å². The Bertz CT molecular complexity index is 779. The van der Waals surface area contributed by atoms with E-state index in [0.29, 0.717) is 22.0 Å². The lowest BCUT2D eigenvalue weighted by molar-refractivity contribution is -0.119. The zero-order valence-electron chi connectivity index (χ0n) is 13.1. The Labute approximate surface area is 143 Å². The molecule has 126 valence electrons. The van der Waals surface area contributed by atoms with Crippen molar-refractivity contribution in [2.75, 3.05) is 19.0 Å². The first-order valence-electron chi connectivity index (χ1n) is 6.97. The van der Waals surface area contributed by atoms with Crippen LogP contribution >= 0.6 is 11.6 Å². The molecule has 2 rings (SSSR count). The lowest BCUT2D eigenvalue weighted by atomic mass is 10.1. The molecule has 2 aromatic rings. The average molecular weight is 352 g/mol. The minimum Gasteiger partial charge on any atom is -0.495 e. The van der Waals surface area contributed by atoms with Crippen LogP contribution in [0.5, 0.6) is 5.75 Å². The third-order valence-corrected chi connectivity index (χ3v) is 3.47. The van der Waals surface area contributed by atoms with Crippen molar-refractivity contribution in [1.29, 1.82) is 0 Å². The molecule has 5 nitrogen and oxygen atoms in total. The van der Waals surface area contributed by atoms with E-state index < -0.39 is 24.3 Å². The van der Waals surface area contributed by atoms with Crippen molar-refractivity contribution in [3.05, 3.63) is 58.4 Å². The molecular formula is C17H15ClFNO4. The third-order valence-electron chi connectivity index (χ3n) is 3.18. The van der Waals surface area contributed by atoms with Crippen LogP contribution in [0.4, 0.5) is 10.1 Å². The molecule has 24 heavy (non-hydrogen) atoms. The van der Waals surface area contributed by atoms with Crippen LogP contribution in [-0.2, 0) is 9.53 Å². The molecule has 0 fully saturated rings. The summed E-state index contributed by atoms with van der Waals surface area (Å²) in [5, 5.41) is 2.87. The predicted molar refractivity (Wildman–Crippen MR) is 88.1 cm³/mol. The van der Waals surface area contributed by atoms with Crippen molar-refractivity contribution in [2.24, 2.45) is 0 Å². The second-order valence-corrected chi connectivity index (χ2v) is 5.34. The fourth-order valence-electron chi connectivity index (χ4n) is 1.88. The van der Waals surface area contributed by atoms with Gasteiger partial charge in [0.25, 0.3) is 5.91 Å². The number of carbonyl (C=O) groups excluding carboxylic acids is 2. The Morgan fingerprint density at radius 1 is 1.21 bits per heavy atom. The maximum atomic E-state index is 13.4. The minimum atomic E-state index is -0.781. The van der Waals surface area contributed by atoms with Crippen molar-refractivity contribution < 1.29 is 23.5 Å². The Morgan fingerprint density at radius 3 is 2.58 bits per heavy atom. The summed E-state index contributed by atoms with van der Waals surface area (Å²) in [6, 6.07) is 8.67. The molecule has 2 aromatic carbocycles. The van der Waals surface area contributed by atoms with Gasteiger partial charge in [0.1, 0.15) is 11.6 Å². The average Bonchev–Trinajstić information content (AvgIpc) is 2.55. The molecule has 0 unspecified atom stereocenters. The smallest absolute Gasteiger partial charge is 0.338 e. The quantitative estimate of drug-likeness (QED) is 0.836. The first kappa shape index (κ1) is 17.7. The van der Waals surface area contributed by atoms with Gasteiger partial charge in [-0.25, -0.2) is 9.18 Å². The number of rotatable bonds is 5. The van der Waals surface area contributed by atoms with Crippen molar-refractivity contribution in [3.63, 3.8) is 0 Å². The largest absolute Gasteiger partial charge is 0.495 e. The Hall–Kier alpha value is -2.60. The second kappa shape index (κ2) is 7.79. The van der Waals surface area contributed by atoms with E-state index in [0.717, 1.165) is 6.07 Å². The van der Waals surface area contributed by atoms with Crippen molar-refractivity contribution >= 4 is 29.2 Å². The van der Waals surface area contributed by atoms with E-state index in [1.54, 1.807) is 19.1 Å². The maximum absolute atomic E-state index is 13.4. The Balaban J connectivity index is 1.91. The second-order valence-electron chi connectivity index (χ2n) is 4.94. The number of halogens is 2. The molecule has 0 aromatic heterocycles. The Morgan fingerprint density at radius 2 is 1.96 bits per heavy atom. The predicted octanol–water partition coefficient (Wildman–Crippen LogP) is 3.59. The molecule has 0 aliphatic heterocycles. The standard InChI is InChI=1S/C17H15ClFNO4/c1-10-3-4-11(7-14(10)19)17(22)24-9-16(21)20-12-5-6-15(23-2)13(18)8-12/h3-8H,9H2,1-2H3,(H,20,21). The highest BCUT2D eigenvalue weighted by molar-refractivity contribution is 6.32. The summed E-state index contributed by atoms with van der Waals surface area (Å²) >= 11 is 5.95. The molecule has 0 bridgehead atoms. The van der Waals surface area contributed by atoms with Crippen LogP contribution in [0.25, 0.3) is 0 Å². The van der Waals surface area contributed by atoms with Gasteiger partial charge in [0, 0.05) is 5.69 Å². The number of anilines is 1. The minimum absolute atomic E-state index is 0.0402. The number of nitrogens with one attached hydrogen (secondary N) is 1. The fourth-order valence-corrected chi connectivity index (χ4v) is 2.13. The molecule has 0 saturated carbocycles. The van der Waals surface area contributed by atoms with Crippen LogP contribution in [0.1, 0.15) is 15.9 Å². The number of hydrogen-bond acceptors (Lipinski definition) is 4. The number of carbonyl (C=O) groups is 2. The monoisotopic (exact) mass is 351 g/mol. The van der Waals surface area contributed by atoms with Gasteiger partial charge in [-0.1, -0.05) is 17.7 Å². The lowest BCUT2D eigenvalue weighted by Gasteiger charge is -2.09. The van der Waals surface area contributed by atoms with Crippen LogP contribution in [0, 0.1) is 12.7 Å². The summed E-state index contributed by atoms with van der Waals surface area (Å²) in [5.41, 5.74) is 0.891. The summed E-state index contributed by atoms with van der Waals surface area (Å²) in [6.07, 6.45) is 0. The molecular weight excluding hydrogens is 337 g/mol. The summed E-state index contributed by atoms with van der Waals surface area (Å²) in [4.78, 5) is 23.6. The number of esters is 1. The molecule has 0 heterocycles. The van der Waals surface area contributed by atoms with Crippen molar-refractivity contribution in [2.45, 2.75) is 6.92 Å². The van der Waals surface area contributed by atoms with E-state index in [4.69, 9.17) is 21.1 Å². The zero-order valence-corrected chi connectivity index (χ0v) is 13.8. The maximum Gasteiger partial charge on any atom is 0.338 e. The third kappa shape index (κ3) is 4.45. The van der Waals surface area contributed by atoms with Gasteiger partial charge in [-0.05, 0) is 42.8 Å². The van der Waals surface area contributed by atoms with Crippen LogP contribution in [0.15, 0.2) is 36.4 Å². The van der Waals surface area contributed by atoms with E-state index >= 15 is 0 Å². The zero-order chi connectivity index (χ0) is 17.7. The summed E-state index contributed by atoms with van der Waals surface area (Å²) in [7, 11) is 1.48. The first-order valence-corrected chi connectivity index (χ1v) is 7.35. The number of benzene rings is 2. The van der Waals surface area contributed by atoms with E-state index in [1.807, 2.05) is 0 Å². The molecule has 1 amide bonds. The molecule has 1 N–H and O–H groups in total. The van der Waals surface area contributed by atoms with Crippen molar-refractivity contribution in [1.82, 2.24) is 0 Å². The topological polar surface area (TPSA) is 64.6 Å². The molecule has 0 saturated heterocycles. The van der Waals surface area contributed by atoms with Gasteiger partial charge >= 0.3 is 5.97 Å². The number of aryl methyl sites for hydroxylation is 1. The summed E-state index contributed by atoms with van der Waals surface area (Å²) < 4.78 is 23.3. The highest BCUT2D eigenvalue weighted by atomic mass is 35.5. The SMILES string of the molecule is COc1ccc(NC(=O)COC(=O)c2ccc(C)c(F)c2)cc1Cl. The van der Waals surface area contributed by atoms with Gasteiger partial charge in [0.05, 0.1) is 17.7 Å². The van der Waals surface area contributed by atoms with E-state index in [1.165, 1.54) is 25.3 Å². The molecule has 0 spiro atoms. The number of ether oxygens (including phenoxy) is 2. The van der Waals surface area contributed by atoms with Crippen LogP contribution in [-0.4, -0.2) is 25.6 Å². The Kier molecular flexibility index (Phi) is 5.76. The van der Waals surface area contributed by atoms with E-state index in [2.05, 4.69) is 5.32 Å². The van der Waals surface area contributed by atoms with Crippen LogP contribution in [0.3, 0.4) is 0 Å². The fraction of sp³-hybridized carbons (Fsp3) is 0.176. The van der Waals surface area contributed by atoms with Gasteiger partial charge in [-0.3, -0.25) is 4.79 Å². The number of methoxy groups -OCH3 is 1. The van der Waals surface area contributed by atoms with E-state index in [9.17, 15) is 14.0 Å². The highest BCUT2D eigenvalue weighted by Gasteiger charge is 2.12. The van der Waals surface area contributed by atoms with Crippen LogP contribution in [0.2, 0.25) is 5.02 Å².